The van der Waals surface area contributed by atoms with Crippen molar-refractivity contribution in [3.8, 4) is 0 Å². The van der Waals surface area contributed by atoms with Crippen LogP contribution in [0.2, 0.25) is 0 Å². The Morgan fingerprint density at radius 3 is 2.67 bits per heavy atom. The van der Waals surface area contributed by atoms with Gasteiger partial charge in [0.05, 0.1) is 10.9 Å². The fourth-order valence-electron chi connectivity index (χ4n) is 2.06. The van der Waals surface area contributed by atoms with E-state index in [0.29, 0.717) is 12.8 Å². The Kier molecular flexibility index (Phi) is 3.51. The molecule has 2 rings (SSSR count). The van der Waals surface area contributed by atoms with Gasteiger partial charge < -0.3 is 5.11 Å². The number of hydrogen-bond acceptors (Lipinski definition) is 4. The van der Waals surface area contributed by atoms with Gasteiger partial charge in [-0.15, -0.1) is 0 Å². The summed E-state index contributed by atoms with van der Waals surface area (Å²) in [4.78, 5) is 14.4. The molecule has 7 heteroatoms. The molecule has 1 fully saturated rings. The van der Waals surface area contributed by atoms with E-state index in [9.17, 15) is 13.2 Å². The Morgan fingerprint density at radius 1 is 1.39 bits per heavy atom. The minimum atomic E-state index is -3.43. The van der Waals surface area contributed by atoms with Crippen LogP contribution in [0.15, 0.2) is 18.3 Å². The molecule has 1 aliphatic rings. The molecule has 1 heterocycles. The molecular formula is C11H14N2O4S. The molecule has 0 saturated heterocycles. The lowest BCUT2D eigenvalue weighted by Gasteiger charge is -2.13. The molecule has 0 unspecified atom stereocenters. The molecule has 98 valence electrons. The standard InChI is InChI=1S/C11H14N2O4S/c14-11(15)10-7-8(5-6-12-10)13-18(16,17)9-3-1-2-4-9/h5-7,9H,1-4H2,(H,12,13)(H,14,15). The van der Waals surface area contributed by atoms with Crippen LogP contribution in [-0.4, -0.2) is 29.7 Å². The molecule has 1 aromatic rings. The Bertz CT molecular complexity index is 550. The van der Waals surface area contributed by atoms with Gasteiger partial charge in [-0.2, -0.15) is 0 Å². The van der Waals surface area contributed by atoms with Crippen molar-refractivity contribution in [1.82, 2.24) is 4.98 Å². The third-order valence-electron chi connectivity index (χ3n) is 2.98. The van der Waals surface area contributed by atoms with E-state index in [-0.39, 0.29) is 16.6 Å². The average molecular weight is 270 g/mol. The normalized spacial score (nSPS) is 16.7. The number of nitrogens with zero attached hydrogens (tertiary/aromatic N) is 1. The smallest absolute Gasteiger partial charge is 0.354 e. The van der Waals surface area contributed by atoms with Crippen LogP contribution in [0.25, 0.3) is 0 Å². The number of nitrogens with one attached hydrogen (secondary N) is 1. The molecule has 1 saturated carbocycles. The SMILES string of the molecule is O=C(O)c1cc(NS(=O)(=O)C2CCCC2)ccn1. The van der Waals surface area contributed by atoms with Crippen molar-refractivity contribution >= 4 is 21.7 Å². The molecule has 0 aliphatic heterocycles. The number of carboxylic acids is 1. The number of hydrogen-bond donors (Lipinski definition) is 2. The molecule has 2 N–H and O–H groups in total. The van der Waals surface area contributed by atoms with Crippen LogP contribution < -0.4 is 4.72 Å². The maximum Gasteiger partial charge on any atom is 0.354 e. The number of rotatable bonds is 4. The molecular weight excluding hydrogens is 256 g/mol. The number of carboxylic acid groups (broad SMARTS) is 1. The van der Waals surface area contributed by atoms with E-state index in [0.717, 1.165) is 12.8 Å². The Morgan fingerprint density at radius 2 is 2.06 bits per heavy atom. The van der Waals surface area contributed by atoms with Gasteiger partial charge in [0.1, 0.15) is 5.69 Å². The average Bonchev–Trinajstić information content (AvgIpc) is 2.82. The zero-order valence-electron chi connectivity index (χ0n) is 9.67. The first kappa shape index (κ1) is 12.8. The monoisotopic (exact) mass is 270 g/mol. The molecule has 1 aliphatic carbocycles. The zero-order chi connectivity index (χ0) is 13.2. The van der Waals surface area contributed by atoms with Crippen LogP contribution in [0.5, 0.6) is 0 Å². The predicted molar refractivity (Wildman–Crippen MR) is 66.0 cm³/mol. The highest BCUT2D eigenvalue weighted by Gasteiger charge is 2.28. The van der Waals surface area contributed by atoms with Crippen molar-refractivity contribution in [3.63, 3.8) is 0 Å². The van der Waals surface area contributed by atoms with Crippen molar-refractivity contribution in [1.29, 1.82) is 0 Å². The topological polar surface area (TPSA) is 96.4 Å². The van der Waals surface area contributed by atoms with Crippen molar-refractivity contribution in [3.05, 3.63) is 24.0 Å². The van der Waals surface area contributed by atoms with Crippen LogP contribution in [0.3, 0.4) is 0 Å². The van der Waals surface area contributed by atoms with Crippen molar-refractivity contribution in [2.45, 2.75) is 30.9 Å². The quantitative estimate of drug-likeness (QED) is 0.863. The molecule has 0 radical (unpaired) electrons. The summed E-state index contributed by atoms with van der Waals surface area (Å²) in [6.07, 6.45) is 4.43. The number of anilines is 1. The van der Waals surface area contributed by atoms with E-state index in [1.807, 2.05) is 0 Å². The lowest BCUT2D eigenvalue weighted by atomic mass is 10.3. The van der Waals surface area contributed by atoms with Gasteiger partial charge in [-0.1, -0.05) is 12.8 Å². The van der Waals surface area contributed by atoms with E-state index in [1.54, 1.807) is 0 Å². The van der Waals surface area contributed by atoms with Gasteiger partial charge in [-0.05, 0) is 25.0 Å². The molecule has 18 heavy (non-hydrogen) atoms. The van der Waals surface area contributed by atoms with Gasteiger partial charge in [0.2, 0.25) is 10.0 Å². The van der Waals surface area contributed by atoms with E-state index in [2.05, 4.69) is 9.71 Å². The highest BCUT2D eigenvalue weighted by Crippen LogP contribution is 2.26. The first-order chi connectivity index (χ1) is 8.49. The summed E-state index contributed by atoms with van der Waals surface area (Å²) in [5.41, 5.74) is 0.0657. The molecule has 0 bridgehead atoms. The molecule has 1 aromatic heterocycles. The summed E-state index contributed by atoms with van der Waals surface area (Å²) in [6, 6.07) is 2.66. The summed E-state index contributed by atoms with van der Waals surface area (Å²) in [7, 11) is -3.43. The second kappa shape index (κ2) is 4.93. The highest BCUT2D eigenvalue weighted by atomic mass is 32.2. The van der Waals surface area contributed by atoms with Gasteiger partial charge in [-0.3, -0.25) is 4.72 Å². The van der Waals surface area contributed by atoms with Crippen molar-refractivity contribution in [2.24, 2.45) is 0 Å². The van der Waals surface area contributed by atoms with Crippen LogP contribution >= 0.6 is 0 Å². The van der Waals surface area contributed by atoms with Gasteiger partial charge in [0, 0.05) is 6.20 Å². The summed E-state index contributed by atoms with van der Waals surface area (Å²) in [5.74, 6) is -1.18. The lowest BCUT2D eigenvalue weighted by molar-refractivity contribution is 0.0690. The van der Waals surface area contributed by atoms with Crippen molar-refractivity contribution in [2.75, 3.05) is 4.72 Å². The van der Waals surface area contributed by atoms with Gasteiger partial charge in [0.15, 0.2) is 0 Å². The van der Waals surface area contributed by atoms with E-state index < -0.39 is 16.0 Å². The van der Waals surface area contributed by atoms with Crippen LogP contribution in [0, 0.1) is 0 Å². The molecule has 6 nitrogen and oxygen atoms in total. The number of pyridine rings is 1. The lowest BCUT2D eigenvalue weighted by Crippen LogP contribution is -2.25. The second-order valence-corrected chi connectivity index (χ2v) is 6.25. The van der Waals surface area contributed by atoms with Crippen LogP contribution in [-0.2, 0) is 10.0 Å². The third-order valence-corrected chi connectivity index (χ3v) is 4.85. The van der Waals surface area contributed by atoms with E-state index in [4.69, 9.17) is 5.11 Å². The van der Waals surface area contributed by atoms with Gasteiger partial charge >= 0.3 is 5.97 Å². The fraction of sp³-hybridized carbons (Fsp3) is 0.455. The largest absolute Gasteiger partial charge is 0.477 e. The van der Waals surface area contributed by atoms with E-state index in [1.165, 1.54) is 18.3 Å². The maximum atomic E-state index is 12.0. The number of carbonyl (C=O) groups is 1. The summed E-state index contributed by atoms with van der Waals surface area (Å²) in [5, 5.41) is 8.40. The predicted octanol–water partition coefficient (Wildman–Crippen LogP) is 1.46. The van der Waals surface area contributed by atoms with Crippen molar-refractivity contribution < 1.29 is 18.3 Å². The molecule has 0 aromatic carbocycles. The Labute approximate surface area is 105 Å². The molecule has 0 spiro atoms. The third kappa shape index (κ3) is 2.79. The first-order valence-electron chi connectivity index (χ1n) is 5.70. The Balaban J connectivity index is 2.18. The minimum Gasteiger partial charge on any atom is -0.477 e. The second-order valence-electron chi connectivity index (χ2n) is 4.29. The summed E-state index contributed by atoms with van der Waals surface area (Å²) in [6.45, 7) is 0. The van der Waals surface area contributed by atoms with Gasteiger partial charge in [0.25, 0.3) is 0 Å². The number of aromatic carboxylic acids is 1. The van der Waals surface area contributed by atoms with Gasteiger partial charge in [-0.25, -0.2) is 18.2 Å². The number of sulfonamides is 1. The van der Waals surface area contributed by atoms with Crippen LogP contribution in [0.1, 0.15) is 36.2 Å². The number of aromatic nitrogens is 1. The molecule has 0 amide bonds. The first-order valence-corrected chi connectivity index (χ1v) is 7.24. The Hall–Kier alpha value is -1.63. The summed E-state index contributed by atoms with van der Waals surface area (Å²) < 4.78 is 26.4. The fourth-order valence-corrected chi connectivity index (χ4v) is 3.63. The highest BCUT2D eigenvalue weighted by molar-refractivity contribution is 7.93. The minimum absolute atomic E-state index is 0.179. The zero-order valence-corrected chi connectivity index (χ0v) is 10.5. The summed E-state index contributed by atoms with van der Waals surface area (Å²) >= 11 is 0. The van der Waals surface area contributed by atoms with Crippen LogP contribution in [0.4, 0.5) is 5.69 Å². The van der Waals surface area contributed by atoms with E-state index >= 15 is 0 Å². The molecule has 0 atom stereocenters. The maximum absolute atomic E-state index is 12.0.